The Kier molecular flexibility index (Phi) is 3.68. The number of hydrogen-bond donors (Lipinski definition) is 2. The van der Waals surface area contributed by atoms with E-state index in [1.165, 1.54) is 4.68 Å². The third-order valence-corrected chi connectivity index (χ3v) is 5.07. The third kappa shape index (κ3) is 2.50. The number of benzene rings is 2. The van der Waals surface area contributed by atoms with Crippen LogP contribution in [0.25, 0.3) is 27.8 Å². The molecule has 0 aromatic heterocycles. The molecule has 0 unspecified atom stereocenters. The molecule has 0 atom stereocenters. The predicted molar refractivity (Wildman–Crippen MR) is 103 cm³/mol. The van der Waals surface area contributed by atoms with Crippen LogP contribution in [0.2, 0.25) is 0 Å². The highest BCUT2D eigenvalue weighted by molar-refractivity contribution is 5.95. The first-order valence-corrected chi connectivity index (χ1v) is 8.98. The van der Waals surface area contributed by atoms with Crippen LogP contribution < -0.4 is 15.8 Å². The fourth-order valence-corrected chi connectivity index (χ4v) is 3.69. The number of para-hydroxylation sites is 1. The maximum Gasteiger partial charge on any atom is 0.282 e. The van der Waals surface area contributed by atoms with Crippen molar-refractivity contribution in [1.29, 1.82) is 0 Å². The van der Waals surface area contributed by atoms with E-state index in [1.807, 2.05) is 41.3 Å². The second-order valence-corrected chi connectivity index (χ2v) is 6.66. The molecule has 2 N–H and O–H groups in total. The normalized spacial score (nSPS) is 14.9. The topological polar surface area (TPSA) is 66.0 Å². The Labute approximate surface area is 154 Å². The quantitative estimate of drug-likeness (QED) is 0.574. The zero-order valence-electron chi connectivity index (χ0n) is 14.6. The van der Waals surface area contributed by atoms with Gasteiger partial charge in [0.15, 0.2) is 5.82 Å². The van der Waals surface area contributed by atoms with Crippen LogP contribution in [0, 0.1) is 5.82 Å². The molecule has 6 nitrogen and oxygen atoms in total. The number of rotatable bonds is 2. The fourth-order valence-electron chi connectivity index (χ4n) is 3.69. The summed E-state index contributed by atoms with van der Waals surface area (Å²) in [5.74, 6) is -0.307. The van der Waals surface area contributed by atoms with Gasteiger partial charge in [-0.05, 0) is 24.3 Å². The number of aromatic amines is 1. The van der Waals surface area contributed by atoms with Gasteiger partial charge in [-0.25, -0.2) is 4.39 Å². The average Bonchev–Trinajstić information content (AvgIpc) is 3.07. The first-order chi connectivity index (χ1) is 13.2. The first kappa shape index (κ1) is 16.0. The highest BCUT2D eigenvalue weighted by atomic mass is 19.1. The van der Waals surface area contributed by atoms with Gasteiger partial charge in [0.25, 0.3) is 5.56 Å². The lowest BCUT2D eigenvalue weighted by atomic mass is 10.1. The van der Waals surface area contributed by atoms with Crippen LogP contribution in [0.3, 0.4) is 0 Å². The molecule has 3 aliphatic heterocycles. The summed E-state index contributed by atoms with van der Waals surface area (Å²) >= 11 is 0. The van der Waals surface area contributed by atoms with Crippen molar-refractivity contribution in [2.24, 2.45) is 0 Å². The van der Waals surface area contributed by atoms with Gasteiger partial charge in [0.05, 0.1) is 22.5 Å². The summed E-state index contributed by atoms with van der Waals surface area (Å²) in [7, 11) is 0. The maximum atomic E-state index is 15.2. The molecule has 1 fully saturated rings. The number of hydrogen-bond acceptors (Lipinski definition) is 4. The maximum absolute atomic E-state index is 15.2. The molecule has 1 saturated heterocycles. The van der Waals surface area contributed by atoms with Crippen LogP contribution in [-0.2, 0) is 0 Å². The van der Waals surface area contributed by atoms with E-state index in [-0.39, 0.29) is 11.4 Å². The molecule has 0 radical (unpaired) electrons. The molecule has 2 aromatic carbocycles. The number of nitrogens with one attached hydrogen (secondary N) is 2. The molecule has 2 aromatic rings. The van der Waals surface area contributed by atoms with E-state index >= 15 is 4.39 Å². The fraction of sp³-hybridized carbons (Fsp3) is 0.200. The van der Waals surface area contributed by atoms with E-state index in [4.69, 9.17) is 0 Å². The summed E-state index contributed by atoms with van der Waals surface area (Å²) in [5.41, 5.74) is 2.36. The number of halogens is 1. The van der Waals surface area contributed by atoms with Gasteiger partial charge in [0, 0.05) is 37.8 Å². The van der Waals surface area contributed by atoms with Crippen molar-refractivity contribution in [2.45, 2.75) is 0 Å². The zero-order chi connectivity index (χ0) is 18.4. The van der Waals surface area contributed by atoms with Crippen LogP contribution in [-0.4, -0.2) is 40.9 Å². The molecule has 3 aliphatic rings. The van der Waals surface area contributed by atoms with Gasteiger partial charge in [-0.15, -0.1) is 0 Å². The lowest BCUT2D eigenvalue weighted by Crippen LogP contribution is -2.43. The van der Waals surface area contributed by atoms with E-state index in [0.717, 1.165) is 26.2 Å². The van der Waals surface area contributed by atoms with Gasteiger partial charge in [0.2, 0.25) is 0 Å². The van der Waals surface area contributed by atoms with Crippen molar-refractivity contribution in [3.05, 3.63) is 64.8 Å². The van der Waals surface area contributed by atoms with Crippen molar-refractivity contribution in [3.8, 4) is 16.9 Å². The number of aromatic nitrogens is 3. The zero-order valence-corrected chi connectivity index (χ0v) is 14.6. The Morgan fingerprint density at radius 3 is 2.59 bits per heavy atom. The second-order valence-electron chi connectivity index (χ2n) is 6.66. The molecular formula is C20H18FN5O. The van der Waals surface area contributed by atoms with Crippen LogP contribution in [0.15, 0.2) is 53.5 Å². The standard InChI is InChI=1S/C20H18FN5O/c21-17-16(25-10-8-22-9-11-25)7-6-14-18-15(12-23-19(14)17)20(27)26(24-18)13-4-2-1-3-5-13/h1-7,12,22-23H,8-11H2. The molecule has 7 heteroatoms. The molecule has 27 heavy (non-hydrogen) atoms. The van der Waals surface area contributed by atoms with Gasteiger partial charge in [-0.1, -0.05) is 18.2 Å². The minimum atomic E-state index is -0.307. The second kappa shape index (κ2) is 6.21. The van der Waals surface area contributed by atoms with Crippen molar-refractivity contribution < 1.29 is 4.39 Å². The smallest absolute Gasteiger partial charge is 0.282 e. The van der Waals surface area contributed by atoms with E-state index in [2.05, 4.69) is 15.4 Å². The van der Waals surface area contributed by atoms with E-state index in [1.54, 1.807) is 12.3 Å². The van der Waals surface area contributed by atoms with E-state index < -0.39 is 0 Å². The molecule has 0 bridgehead atoms. The minimum absolute atomic E-state index is 0.221. The van der Waals surface area contributed by atoms with Crippen LogP contribution in [0.5, 0.6) is 0 Å². The molecule has 0 saturated carbocycles. The SMILES string of the molecule is O=c1c2c[nH]c3c(F)c(N4CCNCC4)ccc3c-2nn1-c1ccccc1. The van der Waals surface area contributed by atoms with E-state index in [9.17, 15) is 4.79 Å². The number of pyridine rings is 1. The lowest BCUT2D eigenvalue weighted by molar-refractivity contribution is 0.569. The van der Waals surface area contributed by atoms with Gasteiger partial charge < -0.3 is 15.2 Å². The van der Waals surface area contributed by atoms with Gasteiger partial charge in [-0.3, -0.25) is 4.79 Å². The Morgan fingerprint density at radius 2 is 1.81 bits per heavy atom. The lowest BCUT2D eigenvalue weighted by Gasteiger charge is -2.30. The first-order valence-electron chi connectivity index (χ1n) is 8.98. The third-order valence-electron chi connectivity index (χ3n) is 5.07. The largest absolute Gasteiger partial charge is 0.367 e. The Morgan fingerprint density at radius 1 is 1.04 bits per heavy atom. The highest BCUT2D eigenvalue weighted by Gasteiger charge is 2.23. The number of piperazine rings is 1. The summed E-state index contributed by atoms with van der Waals surface area (Å²) < 4.78 is 16.6. The summed E-state index contributed by atoms with van der Waals surface area (Å²) in [5, 5.41) is 8.37. The molecule has 0 spiro atoms. The summed E-state index contributed by atoms with van der Waals surface area (Å²) in [6.45, 7) is 3.19. The molecule has 0 amide bonds. The monoisotopic (exact) mass is 363 g/mol. The molecule has 3 heterocycles. The van der Waals surface area contributed by atoms with Crippen LogP contribution in [0.1, 0.15) is 0 Å². The molecular weight excluding hydrogens is 345 g/mol. The number of H-pyrrole nitrogens is 1. The Bertz CT molecular complexity index is 1140. The van der Waals surface area contributed by atoms with Crippen LogP contribution >= 0.6 is 0 Å². The van der Waals surface area contributed by atoms with Crippen molar-refractivity contribution in [2.75, 3.05) is 31.1 Å². The van der Waals surface area contributed by atoms with Crippen molar-refractivity contribution in [3.63, 3.8) is 0 Å². The highest BCUT2D eigenvalue weighted by Crippen LogP contribution is 2.32. The molecule has 5 rings (SSSR count). The Balaban J connectivity index is 1.70. The summed E-state index contributed by atoms with van der Waals surface area (Å²) in [6.07, 6.45) is 1.55. The Hall–Kier alpha value is -3.19. The van der Waals surface area contributed by atoms with Gasteiger partial charge in [-0.2, -0.15) is 9.78 Å². The summed E-state index contributed by atoms with van der Waals surface area (Å²) in [6, 6.07) is 12.9. The summed E-state index contributed by atoms with van der Waals surface area (Å²) in [4.78, 5) is 17.8. The van der Waals surface area contributed by atoms with Gasteiger partial charge in [0.1, 0.15) is 5.69 Å². The number of nitrogens with zero attached hydrogens (tertiary/aromatic N) is 3. The van der Waals surface area contributed by atoms with Crippen molar-refractivity contribution in [1.82, 2.24) is 20.1 Å². The minimum Gasteiger partial charge on any atom is -0.367 e. The van der Waals surface area contributed by atoms with Crippen LogP contribution in [0.4, 0.5) is 10.1 Å². The predicted octanol–water partition coefficient (Wildman–Crippen LogP) is 2.37. The molecule has 0 aliphatic carbocycles. The number of fused-ring (bicyclic) bond motifs is 3. The van der Waals surface area contributed by atoms with E-state index in [0.29, 0.717) is 33.5 Å². The number of anilines is 1. The van der Waals surface area contributed by atoms with Crippen molar-refractivity contribution >= 4 is 16.6 Å². The average molecular weight is 363 g/mol. The van der Waals surface area contributed by atoms with Gasteiger partial charge >= 0.3 is 0 Å². The molecule has 136 valence electrons.